The molecule has 1 amide bonds. The molecule has 0 aliphatic carbocycles. The van der Waals surface area contributed by atoms with E-state index in [-0.39, 0.29) is 5.91 Å². The largest absolute Gasteiger partial charge is 0.496 e. The molecule has 1 aromatic heterocycles. The minimum Gasteiger partial charge on any atom is -0.496 e. The molecular weight excluding hydrogens is 354 g/mol. The zero-order valence-electron chi connectivity index (χ0n) is 16.2. The molecule has 3 aromatic rings. The van der Waals surface area contributed by atoms with Crippen molar-refractivity contribution in [1.29, 1.82) is 0 Å². The number of aryl methyl sites for hydroxylation is 1. The molecule has 0 aliphatic rings. The number of para-hydroxylation sites is 1. The van der Waals surface area contributed by atoms with Gasteiger partial charge >= 0.3 is 0 Å². The summed E-state index contributed by atoms with van der Waals surface area (Å²) in [6.07, 6.45) is 2.54. The Morgan fingerprint density at radius 3 is 2.29 bits per heavy atom. The van der Waals surface area contributed by atoms with Crippen molar-refractivity contribution < 1.29 is 14.3 Å². The third-order valence-electron chi connectivity index (χ3n) is 4.34. The van der Waals surface area contributed by atoms with Crippen LogP contribution in [0, 0.1) is 0 Å². The highest BCUT2D eigenvalue weighted by Crippen LogP contribution is 2.29. The van der Waals surface area contributed by atoms with Gasteiger partial charge in [-0.15, -0.1) is 0 Å². The van der Waals surface area contributed by atoms with Crippen LogP contribution in [-0.4, -0.2) is 25.1 Å². The number of nitrogens with one attached hydrogen (secondary N) is 2. The molecule has 0 aliphatic heterocycles. The van der Waals surface area contributed by atoms with Gasteiger partial charge in [-0.3, -0.25) is 4.79 Å². The van der Waals surface area contributed by atoms with Gasteiger partial charge in [-0.25, -0.2) is 4.98 Å². The summed E-state index contributed by atoms with van der Waals surface area (Å²) in [6.45, 7) is 2.11. The minimum absolute atomic E-state index is 0.326. The molecular formula is C22H23N3O3. The Morgan fingerprint density at radius 1 is 0.964 bits per heavy atom. The summed E-state index contributed by atoms with van der Waals surface area (Å²) < 4.78 is 10.6. The Balaban J connectivity index is 1.75. The number of hydrogen-bond donors (Lipinski definition) is 2. The van der Waals surface area contributed by atoms with E-state index in [1.54, 1.807) is 30.5 Å². The number of amides is 1. The molecule has 28 heavy (non-hydrogen) atoms. The first-order valence-electron chi connectivity index (χ1n) is 8.99. The molecule has 0 radical (unpaired) electrons. The summed E-state index contributed by atoms with van der Waals surface area (Å²) >= 11 is 0. The average molecular weight is 377 g/mol. The van der Waals surface area contributed by atoms with Crippen LogP contribution < -0.4 is 20.1 Å². The van der Waals surface area contributed by atoms with Gasteiger partial charge in [0.2, 0.25) is 0 Å². The first-order chi connectivity index (χ1) is 13.7. The van der Waals surface area contributed by atoms with Crippen molar-refractivity contribution >= 4 is 23.1 Å². The van der Waals surface area contributed by atoms with Crippen molar-refractivity contribution in [3.05, 3.63) is 71.9 Å². The molecule has 1 heterocycles. The number of aromatic nitrogens is 1. The summed E-state index contributed by atoms with van der Waals surface area (Å²) in [5.41, 5.74) is 3.15. The van der Waals surface area contributed by atoms with Gasteiger partial charge in [0.15, 0.2) is 0 Å². The molecule has 3 rings (SSSR count). The first kappa shape index (κ1) is 19.2. The molecule has 0 spiro atoms. The Hall–Kier alpha value is -3.54. The van der Waals surface area contributed by atoms with Crippen LogP contribution in [-0.2, 0) is 6.42 Å². The van der Waals surface area contributed by atoms with E-state index in [0.29, 0.717) is 28.6 Å². The van der Waals surface area contributed by atoms with E-state index in [1.807, 2.05) is 24.3 Å². The van der Waals surface area contributed by atoms with E-state index in [4.69, 9.17) is 9.47 Å². The Morgan fingerprint density at radius 2 is 1.68 bits per heavy atom. The van der Waals surface area contributed by atoms with Gasteiger partial charge in [-0.1, -0.05) is 31.2 Å². The second-order valence-corrected chi connectivity index (χ2v) is 6.06. The van der Waals surface area contributed by atoms with Crippen molar-refractivity contribution in [2.75, 3.05) is 24.9 Å². The summed E-state index contributed by atoms with van der Waals surface area (Å²) in [5.74, 6) is 1.26. The van der Waals surface area contributed by atoms with Crippen LogP contribution in [0.3, 0.4) is 0 Å². The lowest BCUT2D eigenvalue weighted by atomic mass is 10.1. The molecule has 0 unspecified atom stereocenters. The van der Waals surface area contributed by atoms with Crippen molar-refractivity contribution in [2.45, 2.75) is 13.3 Å². The number of benzene rings is 2. The van der Waals surface area contributed by atoms with Crippen molar-refractivity contribution in [3.8, 4) is 11.5 Å². The minimum atomic E-state index is -0.326. The van der Waals surface area contributed by atoms with Gasteiger partial charge < -0.3 is 20.1 Å². The molecule has 0 fully saturated rings. The number of hydrogen-bond acceptors (Lipinski definition) is 5. The maximum absolute atomic E-state index is 12.7. The lowest BCUT2D eigenvalue weighted by Gasteiger charge is -2.13. The van der Waals surface area contributed by atoms with Gasteiger partial charge in [0, 0.05) is 5.69 Å². The molecule has 0 saturated carbocycles. The van der Waals surface area contributed by atoms with Crippen molar-refractivity contribution in [2.24, 2.45) is 0 Å². The Kier molecular flexibility index (Phi) is 6.11. The van der Waals surface area contributed by atoms with Gasteiger partial charge in [0.25, 0.3) is 5.91 Å². The van der Waals surface area contributed by atoms with Crippen LogP contribution in [0.25, 0.3) is 0 Å². The molecule has 0 bridgehead atoms. The van der Waals surface area contributed by atoms with Crippen LogP contribution in [0.2, 0.25) is 0 Å². The molecule has 6 heteroatoms. The molecule has 2 aromatic carbocycles. The summed E-state index contributed by atoms with van der Waals surface area (Å²) in [6, 6.07) is 16.9. The number of ether oxygens (including phenoxy) is 2. The first-order valence-corrected chi connectivity index (χ1v) is 8.99. The predicted molar refractivity (Wildman–Crippen MR) is 111 cm³/mol. The van der Waals surface area contributed by atoms with E-state index in [2.05, 4.69) is 28.6 Å². The maximum atomic E-state index is 12.7. The second kappa shape index (κ2) is 8.90. The zero-order chi connectivity index (χ0) is 19.9. The molecule has 0 saturated heterocycles. The predicted octanol–water partition coefficient (Wildman–Crippen LogP) is 4.66. The van der Waals surface area contributed by atoms with Gasteiger partial charge in [-0.05, 0) is 42.3 Å². The highest BCUT2D eigenvalue weighted by atomic mass is 16.5. The normalized spacial score (nSPS) is 10.2. The lowest BCUT2D eigenvalue weighted by molar-refractivity contribution is 0.102. The Labute approximate surface area is 164 Å². The van der Waals surface area contributed by atoms with E-state index < -0.39 is 0 Å². The van der Waals surface area contributed by atoms with Gasteiger partial charge in [0.05, 0.1) is 26.1 Å². The highest BCUT2D eigenvalue weighted by molar-refractivity contribution is 6.08. The number of pyridine rings is 1. The fraction of sp³-hybridized carbons (Fsp3) is 0.182. The van der Waals surface area contributed by atoms with Crippen LogP contribution >= 0.6 is 0 Å². The Bertz CT molecular complexity index is 933. The van der Waals surface area contributed by atoms with Crippen molar-refractivity contribution in [3.63, 3.8) is 0 Å². The van der Waals surface area contributed by atoms with E-state index in [0.717, 1.165) is 12.1 Å². The van der Waals surface area contributed by atoms with Crippen LogP contribution in [0.4, 0.5) is 17.2 Å². The fourth-order valence-electron chi connectivity index (χ4n) is 2.90. The summed E-state index contributed by atoms with van der Waals surface area (Å²) in [7, 11) is 3.03. The SMILES string of the molecule is CCc1ccccc1Nc1ccc(NC(=O)c2c(OC)cccc2OC)cn1. The smallest absolute Gasteiger partial charge is 0.263 e. The monoisotopic (exact) mass is 377 g/mol. The second-order valence-electron chi connectivity index (χ2n) is 6.06. The standard InChI is InChI=1S/C22H23N3O3/c1-4-15-8-5-6-9-17(15)25-20-13-12-16(14-23-20)24-22(26)21-18(27-2)10-7-11-19(21)28-3/h5-14H,4H2,1-3H3,(H,23,25)(H,24,26). The van der Waals surface area contributed by atoms with Crippen LogP contribution in [0.1, 0.15) is 22.8 Å². The summed E-state index contributed by atoms with van der Waals surface area (Å²) in [5, 5.41) is 6.14. The number of methoxy groups -OCH3 is 2. The number of carbonyl (C=O) groups excluding carboxylic acids is 1. The summed E-state index contributed by atoms with van der Waals surface area (Å²) in [4.78, 5) is 17.1. The average Bonchev–Trinajstić information content (AvgIpc) is 2.74. The topological polar surface area (TPSA) is 72.5 Å². The molecule has 6 nitrogen and oxygen atoms in total. The van der Waals surface area contributed by atoms with E-state index in [1.165, 1.54) is 19.8 Å². The van der Waals surface area contributed by atoms with E-state index >= 15 is 0 Å². The zero-order valence-corrected chi connectivity index (χ0v) is 16.2. The quantitative estimate of drug-likeness (QED) is 0.627. The maximum Gasteiger partial charge on any atom is 0.263 e. The van der Waals surface area contributed by atoms with Crippen LogP contribution in [0.15, 0.2) is 60.8 Å². The molecule has 0 atom stereocenters. The highest BCUT2D eigenvalue weighted by Gasteiger charge is 2.18. The number of nitrogens with zero attached hydrogens (tertiary/aromatic N) is 1. The fourth-order valence-corrected chi connectivity index (χ4v) is 2.90. The third-order valence-corrected chi connectivity index (χ3v) is 4.34. The van der Waals surface area contributed by atoms with Crippen LogP contribution in [0.5, 0.6) is 11.5 Å². The van der Waals surface area contributed by atoms with Gasteiger partial charge in [0.1, 0.15) is 22.9 Å². The number of carbonyl (C=O) groups is 1. The molecule has 2 N–H and O–H groups in total. The number of rotatable bonds is 7. The lowest BCUT2D eigenvalue weighted by Crippen LogP contribution is -2.14. The van der Waals surface area contributed by atoms with Crippen molar-refractivity contribution in [1.82, 2.24) is 4.98 Å². The molecule has 144 valence electrons. The van der Waals surface area contributed by atoms with E-state index in [9.17, 15) is 4.79 Å². The number of anilines is 3. The third kappa shape index (κ3) is 4.23. The van der Waals surface area contributed by atoms with Gasteiger partial charge in [-0.2, -0.15) is 0 Å².